The third kappa shape index (κ3) is 1190. The Hall–Kier alpha value is -0.880. The summed E-state index contributed by atoms with van der Waals surface area (Å²) in [5.74, 6) is 0. The molecule has 0 fully saturated rings. The van der Waals surface area contributed by atoms with Gasteiger partial charge in [-0.2, -0.15) is 16.8 Å². The second kappa shape index (κ2) is 7.75. The normalized spacial score (nSPS) is 9.54. The van der Waals surface area contributed by atoms with E-state index in [4.69, 9.17) is 45.3 Å². The third-order valence-corrected chi connectivity index (χ3v) is 0. The number of hydrogen-bond donors (Lipinski definition) is 5. The first-order valence-corrected chi connectivity index (χ1v) is 4.65. The quantitative estimate of drug-likeness (QED) is 0.192. The van der Waals surface area contributed by atoms with Crippen molar-refractivity contribution in [3.63, 3.8) is 0 Å². The van der Waals surface area contributed by atoms with Crippen LogP contribution in [0.5, 0.6) is 0 Å². The van der Waals surface area contributed by atoms with Crippen molar-refractivity contribution in [2.45, 2.75) is 0 Å². The molecule has 10 nitrogen and oxygen atoms in total. The van der Waals surface area contributed by atoms with Gasteiger partial charge in [0.25, 0.3) is 0 Å². The molecule has 0 saturated heterocycles. The zero-order valence-electron chi connectivity index (χ0n) is 5.65. The molecule has 0 aliphatic carbocycles. The lowest BCUT2D eigenvalue weighted by molar-refractivity contribution is 0.378. The van der Waals surface area contributed by atoms with Crippen LogP contribution in [0.4, 0.5) is 0 Å². The topological polar surface area (TPSA) is 190 Å². The van der Waals surface area contributed by atoms with E-state index in [9.17, 15) is 0 Å². The fraction of sp³-hybridized carbons (Fsp3) is 0. The minimum atomic E-state index is -4.67. The molecule has 0 saturated carbocycles. The lowest BCUT2D eigenvalue weighted by atomic mass is 11.7. The van der Waals surface area contributed by atoms with E-state index < -0.39 is 20.8 Å². The van der Waals surface area contributed by atoms with E-state index >= 15 is 0 Å². The zero-order chi connectivity index (χ0) is 11.7. The highest BCUT2D eigenvalue weighted by molar-refractivity contribution is 7.80. The highest BCUT2D eigenvalue weighted by Gasteiger charge is 1.85. The lowest BCUT2D eigenvalue weighted by Gasteiger charge is -1.68. The summed E-state index contributed by atoms with van der Waals surface area (Å²) in [6, 6.07) is 0. The first kappa shape index (κ1) is 18.0. The zero-order valence-corrected chi connectivity index (χ0v) is 7.28. The average Bonchev–Trinajstić information content (AvgIpc) is 1.52. The van der Waals surface area contributed by atoms with Gasteiger partial charge >= 0.3 is 20.8 Å². The molecule has 0 bridgehead atoms. The van der Waals surface area contributed by atoms with Crippen molar-refractivity contribution in [3.05, 3.63) is 0 Å². The van der Waals surface area contributed by atoms with Crippen molar-refractivity contribution in [2.24, 2.45) is 0 Å². The van der Waals surface area contributed by atoms with E-state index in [1.165, 1.54) is 0 Å². The first-order valence-electron chi connectivity index (χ1n) is 1.85. The summed E-state index contributed by atoms with van der Waals surface area (Å²) >= 11 is 0. The van der Waals surface area contributed by atoms with Gasteiger partial charge in [0.2, 0.25) is 6.08 Å². The van der Waals surface area contributed by atoms with E-state index in [2.05, 4.69) is 0 Å². The Kier molecular flexibility index (Phi) is 10.7. The summed E-state index contributed by atoms with van der Waals surface area (Å²) in [6.45, 7) is 0. The van der Waals surface area contributed by atoms with Gasteiger partial charge in [-0.25, -0.2) is 10.2 Å². The number of isocyanates is 1. The first-order chi connectivity index (χ1) is 5.41. The summed E-state index contributed by atoms with van der Waals surface area (Å²) in [7, 11) is -9.33. The molecule has 0 aliphatic rings. The Balaban J connectivity index is -0.000000120. The van der Waals surface area contributed by atoms with Gasteiger partial charge in [-0.3, -0.25) is 18.2 Å². The molecule has 0 rings (SSSR count). The molecule has 0 aromatic carbocycles. The van der Waals surface area contributed by atoms with E-state index in [1.54, 1.807) is 0 Å². The van der Waals surface area contributed by atoms with Gasteiger partial charge in [0, 0.05) is 0 Å². The molecular formula is CH5NO9S2. The maximum Gasteiger partial charge on any atom is 0.394 e. The number of hydrogen-bond acceptors (Lipinski definition) is 6. The molecule has 5 N–H and O–H groups in total. The summed E-state index contributed by atoms with van der Waals surface area (Å²) in [5.41, 5.74) is 0. The Morgan fingerprint density at radius 2 is 0.846 bits per heavy atom. The van der Waals surface area contributed by atoms with Crippen LogP contribution >= 0.6 is 0 Å². The predicted octanol–water partition coefficient (Wildman–Crippen LogP) is -1.40. The lowest BCUT2D eigenvalue weighted by Crippen LogP contribution is -1.89. The molecule has 0 spiro atoms. The molecule has 0 unspecified atom stereocenters. The van der Waals surface area contributed by atoms with E-state index in [0.717, 1.165) is 6.08 Å². The standard InChI is InChI=1S/CHNO.2H2O4S/c2-1-3;2*1-5(2,3)4/h2H;2*(H2,1,2,3,4). The smallest absolute Gasteiger partial charge is 0.264 e. The van der Waals surface area contributed by atoms with E-state index in [1.807, 2.05) is 0 Å². The molecule has 0 radical (unpaired) electrons. The largest absolute Gasteiger partial charge is 0.394 e. The van der Waals surface area contributed by atoms with Gasteiger partial charge in [0.1, 0.15) is 0 Å². The van der Waals surface area contributed by atoms with Crippen LogP contribution in [0.3, 0.4) is 0 Å². The number of carbonyl (C=O) groups excluding carboxylic acids is 1. The number of rotatable bonds is 0. The van der Waals surface area contributed by atoms with Crippen molar-refractivity contribution >= 4 is 26.9 Å². The molecular weight excluding hydrogens is 234 g/mol. The summed E-state index contributed by atoms with van der Waals surface area (Å²) in [6.07, 6.45) is 0.750. The van der Waals surface area contributed by atoms with Gasteiger partial charge in [0.15, 0.2) is 0 Å². The van der Waals surface area contributed by atoms with E-state index in [0.29, 0.717) is 0 Å². The fourth-order valence-corrected chi connectivity index (χ4v) is 0. The summed E-state index contributed by atoms with van der Waals surface area (Å²) in [4.78, 5) is 8.35. The molecule has 80 valence electrons. The van der Waals surface area contributed by atoms with Gasteiger partial charge in [-0.15, -0.1) is 0 Å². The molecule has 0 aliphatic heterocycles. The van der Waals surface area contributed by atoms with Crippen molar-refractivity contribution in [1.82, 2.24) is 0 Å². The van der Waals surface area contributed by atoms with Crippen molar-refractivity contribution in [2.75, 3.05) is 0 Å². The Bertz CT molecular complexity index is 282. The summed E-state index contributed by atoms with van der Waals surface area (Å²) < 4.78 is 63.2. The monoisotopic (exact) mass is 239 g/mol. The van der Waals surface area contributed by atoms with Crippen LogP contribution in [0, 0.1) is 5.41 Å². The van der Waals surface area contributed by atoms with Crippen molar-refractivity contribution in [3.8, 4) is 0 Å². The minimum Gasteiger partial charge on any atom is -0.264 e. The van der Waals surface area contributed by atoms with Crippen LogP contribution in [-0.2, 0) is 25.6 Å². The van der Waals surface area contributed by atoms with Gasteiger partial charge in [-0.05, 0) is 0 Å². The van der Waals surface area contributed by atoms with Gasteiger partial charge in [0.05, 0.1) is 0 Å². The fourth-order valence-electron chi connectivity index (χ4n) is 0. The molecule has 13 heavy (non-hydrogen) atoms. The predicted molar refractivity (Wildman–Crippen MR) is 36.8 cm³/mol. The van der Waals surface area contributed by atoms with Crippen LogP contribution < -0.4 is 0 Å². The highest BCUT2D eigenvalue weighted by atomic mass is 32.3. The Labute approximate surface area is 72.9 Å². The van der Waals surface area contributed by atoms with Crippen molar-refractivity contribution in [1.29, 1.82) is 5.41 Å². The molecule has 0 heterocycles. The Morgan fingerprint density at radius 1 is 0.846 bits per heavy atom. The second-order valence-corrected chi connectivity index (χ2v) is 2.79. The van der Waals surface area contributed by atoms with Crippen LogP contribution in [0.25, 0.3) is 0 Å². The molecule has 0 aromatic heterocycles. The molecule has 12 heteroatoms. The Morgan fingerprint density at radius 3 is 0.846 bits per heavy atom. The number of nitrogens with one attached hydrogen (secondary N) is 1. The van der Waals surface area contributed by atoms with Crippen LogP contribution in [0.2, 0.25) is 0 Å². The van der Waals surface area contributed by atoms with Crippen LogP contribution in [0.15, 0.2) is 0 Å². The summed E-state index contributed by atoms with van der Waals surface area (Å²) in [5, 5.41) is 5.40. The minimum absolute atomic E-state index is 0.750. The highest BCUT2D eigenvalue weighted by Crippen LogP contribution is 1.59. The van der Waals surface area contributed by atoms with Gasteiger partial charge < -0.3 is 0 Å². The second-order valence-electron chi connectivity index (χ2n) is 0.998. The molecule has 0 amide bonds. The van der Waals surface area contributed by atoms with Gasteiger partial charge in [-0.1, -0.05) is 0 Å². The van der Waals surface area contributed by atoms with Crippen LogP contribution in [0.1, 0.15) is 0 Å². The molecule has 0 aromatic rings. The SMILES string of the molecule is N=C=O.O=S(=O)(O)O.O=S(=O)(O)O. The van der Waals surface area contributed by atoms with Crippen molar-refractivity contribution < 1.29 is 39.8 Å². The maximum atomic E-state index is 8.74. The maximum absolute atomic E-state index is 8.74. The third-order valence-electron chi connectivity index (χ3n) is 0. The average molecular weight is 239 g/mol. The molecule has 0 atom stereocenters. The van der Waals surface area contributed by atoms with E-state index in [-0.39, 0.29) is 0 Å². The van der Waals surface area contributed by atoms with Crippen LogP contribution in [-0.4, -0.2) is 41.1 Å².